The largest absolute Gasteiger partial charge is 0.472 e. The molecule has 0 aromatic rings. The highest BCUT2D eigenvalue weighted by Crippen LogP contribution is 2.43. The number of aliphatic hydroxyl groups excluding tert-OH is 1. The molecule has 0 aromatic heterocycles. The smallest absolute Gasteiger partial charge is 0.387 e. The molecule has 59 heavy (non-hydrogen) atoms. The Balaban J connectivity index is 4.22. The SMILES string of the molecule is CCCCCCC/C=C\C/C=C\CCCCCCCCCCCC(=O)NC(COP(=O)(O)OCCN)C(O)/C=C/CC/C=C/CC/C=C/CCCCCCCCCCC. The first-order valence-electron chi connectivity index (χ1n) is 24.4. The quantitative estimate of drug-likeness (QED) is 0.0273. The minimum Gasteiger partial charge on any atom is -0.387 e. The van der Waals surface area contributed by atoms with Crippen molar-refractivity contribution in [1.29, 1.82) is 0 Å². The van der Waals surface area contributed by atoms with E-state index in [0.717, 1.165) is 51.4 Å². The second-order valence-electron chi connectivity index (χ2n) is 16.3. The van der Waals surface area contributed by atoms with Gasteiger partial charge in [-0.15, -0.1) is 0 Å². The zero-order valence-electron chi connectivity index (χ0n) is 38.2. The number of rotatable bonds is 45. The van der Waals surface area contributed by atoms with E-state index in [9.17, 15) is 19.4 Å². The number of hydrogen-bond donors (Lipinski definition) is 4. The lowest BCUT2D eigenvalue weighted by atomic mass is 10.1. The van der Waals surface area contributed by atoms with E-state index in [2.05, 4.69) is 67.8 Å². The molecule has 3 atom stereocenters. The second kappa shape index (κ2) is 45.7. The van der Waals surface area contributed by atoms with E-state index < -0.39 is 20.0 Å². The third-order valence-corrected chi connectivity index (χ3v) is 11.5. The van der Waals surface area contributed by atoms with Crippen LogP contribution < -0.4 is 11.1 Å². The fourth-order valence-electron chi connectivity index (χ4n) is 6.84. The number of nitrogens with two attached hydrogens (primary N) is 1. The van der Waals surface area contributed by atoms with Gasteiger partial charge in [0.05, 0.1) is 25.4 Å². The van der Waals surface area contributed by atoms with Crippen LogP contribution in [0.5, 0.6) is 0 Å². The van der Waals surface area contributed by atoms with Gasteiger partial charge in [-0.05, 0) is 77.0 Å². The average molecular weight is 849 g/mol. The molecular weight excluding hydrogens is 756 g/mol. The van der Waals surface area contributed by atoms with Gasteiger partial charge in [-0.3, -0.25) is 13.8 Å². The zero-order valence-corrected chi connectivity index (χ0v) is 39.1. The number of phosphoric acid groups is 1. The Hall–Kier alpha value is -1.80. The number of carbonyl (C=O) groups excluding carboxylic acids is 1. The maximum Gasteiger partial charge on any atom is 0.472 e. The Morgan fingerprint density at radius 1 is 0.559 bits per heavy atom. The molecule has 8 nitrogen and oxygen atoms in total. The zero-order chi connectivity index (χ0) is 43.2. The van der Waals surface area contributed by atoms with Crippen molar-refractivity contribution in [3.8, 4) is 0 Å². The molecule has 0 spiro atoms. The molecule has 0 saturated carbocycles. The second-order valence-corrected chi connectivity index (χ2v) is 17.7. The van der Waals surface area contributed by atoms with Crippen LogP contribution in [0.1, 0.15) is 219 Å². The summed E-state index contributed by atoms with van der Waals surface area (Å²) < 4.78 is 22.2. The van der Waals surface area contributed by atoms with Crippen LogP contribution in [0, 0.1) is 0 Å². The van der Waals surface area contributed by atoms with Gasteiger partial charge in [0.15, 0.2) is 0 Å². The van der Waals surface area contributed by atoms with Crippen molar-refractivity contribution >= 4 is 13.7 Å². The van der Waals surface area contributed by atoms with Crippen molar-refractivity contribution in [1.82, 2.24) is 5.32 Å². The molecule has 0 fully saturated rings. The molecular formula is C50H93N2O6P. The fourth-order valence-corrected chi connectivity index (χ4v) is 7.60. The predicted molar refractivity (Wildman–Crippen MR) is 254 cm³/mol. The monoisotopic (exact) mass is 849 g/mol. The topological polar surface area (TPSA) is 131 Å². The van der Waals surface area contributed by atoms with Gasteiger partial charge < -0.3 is 21.1 Å². The van der Waals surface area contributed by atoms with Crippen LogP contribution in [-0.2, 0) is 18.4 Å². The highest BCUT2D eigenvalue weighted by molar-refractivity contribution is 7.47. The molecule has 0 aliphatic carbocycles. The van der Waals surface area contributed by atoms with Crippen LogP contribution in [0.2, 0.25) is 0 Å². The van der Waals surface area contributed by atoms with E-state index in [1.54, 1.807) is 6.08 Å². The minimum absolute atomic E-state index is 0.0691. The highest BCUT2D eigenvalue weighted by Gasteiger charge is 2.26. The van der Waals surface area contributed by atoms with E-state index in [1.165, 1.54) is 148 Å². The Kier molecular flexibility index (Phi) is 44.3. The van der Waals surface area contributed by atoms with Crippen molar-refractivity contribution in [2.24, 2.45) is 5.73 Å². The maximum absolute atomic E-state index is 12.8. The molecule has 0 radical (unpaired) electrons. The van der Waals surface area contributed by atoms with E-state index >= 15 is 0 Å². The molecule has 0 bridgehead atoms. The van der Waals surface area contributed by atoms with E-state index in [0.29, 0.717) is 6.42 Å². The van der Waals surface area contributed by atoms with Gasteiger partial charge in [0.25, 0.3) is 0 Å². The first-order valence-corrected chi connectivity index (χ1v) is 25.9. The van der Waals surface area contributed by atoms with Gasteiger partial charge in [-0.2, -0.15) is 0 Å². The molecule has 0 aliphatic rings. The number of nitrogens with one attached hydrogen (secondary N) is 1. The fraction of sp³-hybridized carbons (Fsp3) is 0.780. The molecule has 0 aliphatic heterocycles. The van der Waals surface area contributed by atoms with Crippen LogP contribution in [0.15, 0.2) is 60.8 Å². The molecule has 344 valence electrons. The van der Waals surface area contributed by atoms with Gasteiger partial charge in [-0.25, -0.2) is 4.57 Å². The standard InChI is InChI=1S/C50H93N2O6P/c1-3-5-7-9-11-13-15-17-19-21-23-24-26-28-30-32-34-36-38-40-42-44-50(54)52-48(47-58-59(55,56)57-46-45-51)49(53)43-41-39-37-35-33-31-29-27-25-22-20-18-16-14-12-10-8-6-4-2/h15,17,21,23,25,27,33,35,41,43,48-49,53H,3-14,16,18-20,22,24,26,28-32,34,36-40,42,44-47,51H2,1-2H3,(H,52,54)(H,55,56)/b17-15-,23-21-,27-25+,35-33+,43-41+. The Morgan fingerprint density at radius 2 is 0.949 bits per heavy atom. The van der Waals surface area contributed by atoms with Crippen LogP contribution in [0.25, 0.3) is 0 Å². The Labute approximate surface area is 364 Å². The molecule has 5 N–H and O–H groups in total. The molecule has 1 amide bonds. The number of phosphoric ester groups is 1. The third-order valence-electron chi connectivity index (χ3n) is 10.5. The van der Waals surface area contributed by atoms with Crippen molar-refractivity contribution in [3.63, 3.8) is 0 Å². The van der Waals surface area contributed by atoms with E-state index in [1.807, 2.05) is 6.08 Å². The van der Waals surface area contributed by atoms with Crippen molar-refractivity contribution in [3.05, 3.63) is 60.8 Å². The predicted octanol–water partition coefficient (Wildman–Crippen LogP) is 14.2. The van der Waals surface area contributed by atoms with Crippen LogP contribution >= 0.6 is 7.82 Å². The Morgan fingerprint density at radius 3 is 1.41 bits per heavy atom. The molecule has 0 heterocycles. The number of hydrogen-bond acceptors (Lipinski definition) is 6. The summed E-state index contributed by atoms with van der Waals surface area (Å²) in [4.78, 5) is 22.8. The van der Waals surface area contributed by atoms with Gasteiger partial charge in [-0.1, -0.05) is 197 Å². The summed E-state index contributed by atoms with van der Waals surface area (Å²) in [7, 11) is -4.36. The number of allylic oxidation sites excluding steroid dienone is 9. The number of unbranched alkanes of at least 4 members (excludes halogenated alkanes) is 25. The number of carbonyl (C=O) groups is 1. The lowest BCUT2D eigenvalue weighted by Crippen LogP contribution is -2.45. The summed E-state index contributed by atoms with van der Waals surface area (Å²) in [6.07, 6.45) is 58.5. The summed E-state index contributed by atoms with van der Waals surface area (Å²) in [6.45, 7) is 4.10. The normalized spacial score (nSPS) is 14.5. The lowest BCUT2D eigenvalue weighted by molar-refractivity contribution is -0.123. The summed E-state index contributed by atoms with van der Waals surface area (Å²) in [5.74, 6) is -0.213. The molecule has 3 unspecified atom stereocenters. The molecule has 0 saturated heterocycles. The van der Waals surface area contributed by atoms with Crippen molar-refractivity contribution in [2.75, 3.05) is 19.8 Å². The lowest BCUT2D eigenvalue weighted by Gasteiger charge is -2.23. The summed E-state index contributed by atoms with van der Waals surface area (Å²) in [6, 6.07) is -0.888. The maximum atomic E-state index is 12.8. The van der Waals surface area contributed by atoms with Crippen molar-refractivity contribution in [2.45, 2.75) is 231 Å². The van der Waals surface area contributed by atoms with Gasteiger partial charge in [0.1, 0.15) is 0 Å². The third kappa shape index (κ3) is 44.1. The summed E-state index contributed by atoms with van der Waals surface area (Å²) in [5.41, 5.74) is 5.38. The van der Waals surface area contributed by atoms with E-state index in [-0.39, 0.29) is 25.7 Å². The summed E-state index contributed by atoms with van der Waals surface area (Å²) in [5, 5.41) is 13.7. The average Bonchev–Trinajstić information content (AvgIpc) is 3.22. The van der Waals surface area contributed by atoms with E-state index in [4.69, 9.17) is 14.8 Å². The van der Waals surface area contributed by atoms with Gasteiger partial charge in [0.2, 0.25) is 5.91 Å². The van der Waals surface area contributed by atoms with Gasteiger partial charge in [0, 0.05) is 13.0 Å². The van der Waals surface area contributed by atoms with Crippen LogP contribution in [-0.4, -0.2) is 47.8 Å². The number of amides is 1. The van der Waals surface area contributed by atoms with Crippen LogP contribution in [0.3, 0.4) is 0 Å². The van der Waals surface area contributed by atoms with Crippen LogP contribution in [0.4, 0.5) is 0 Å². The molecule has 0 rings (SSSR count). The van der Waals surface area contributed by atoms with Crippen molar-refractivity contribution < 1.29 is 28.4 Å². The minimum atomic E-state index is -4.36. The first-order chi connectivity index (χ1) is 28.9. The molecule has 9 heteroatoms. The summed E-state index contributed by atoms with van der Waals surface area (Å²) >= 11 is 0. The highest BCUT2D eigenvalue weighted by atomic mass is 31.2. The Bertz CT molecular complexity index is 1110. The number of aliphatic hydroxyl groups is 1. The van der Waals surface area contributed by atoms with Gasteiger partial charge >= 0.3 is 7.82 Å². The molecule has 0 aromatic carbocycles. The first kappa shape index (κ1) is 57.2.